The largest absolute Gasteiger partial charge is 0.497 e. The van der Waals surface area contributed by atoms with Crippen LogP contribution in [0.25, 0.3) is 11.4 Å². The van der Waals surface area contributed by atoms with Gasteiger partial charge in [-0.2, -0.15) is 4.98 Å². The number of ether oxygens (including phenoxy) is 3. The normalized spacial score (nSPS) is 15.8. The van der Waals surface area contributed by atoms with E-state index in [1.165, 1.54) is 0 Å². The van der Waals surface area contributed by atoms with Gasteiger partial charge in [0.15, 0.2) is 0 Å². The van der Waals surface area contributed by atoms with E-state index in [4.69, 9.17) is 18.7 Å². The predicted octanol–water partition coefficient (Wildman–Crippen LogP) is 3.74. The highest BCUT2D eigenvalue weighted by Crippen LogP contribution is 2.35. The van der Waals surface area contributed by atoms with Gasteiger partial charge in [-0.05, 0) is 37.1 Å². The summed E-state index contributed by atoms with van der Waals surface area (Å²) in [6.45, 7) is 0.607. The predicted molar refractivity (Wildman–Crippen MR) is 109 cm³/mol. The average Bonchev–Trinajstić information content (AvgIpc) is 3.47. The summed E-state index contributed by atoms with van der Waals surface area (Å²) in [4.78, 5) is 19.6. The molecule has 0 N–H and O–H groups in total. The van der Waals surface area contributed by atoms with E-state index < -0.39 is 0 Å². The van der Waals surface area contributed by atoms with Gasteiger partial charge in [0, 0.05) is 18.2 Å². The molecule has 1 aromatic heterocycles. The summed E-state index contributed by atoms with van der Waals surface area (Å²) in [7, 11) is 4.71. The first kappa shape index (κ1) is 19.8. The Morgan fingerprint density at radius 1 is 1.07 bits per heavy atom. The summed E-state index contributed by atoms with van der Waals surface area (Å²) in [6, 6.07) is 12.3. The van der Waals surface area contributed by atoms with Crippen molar-refractivity contribution in [2.75, 3.05) is 27.9 Å². The summed E-state index contributed by atoms with van der Waals surface area (Å²) in [6.07, 6.45) is 1.60. The molecule has 4 rings (SSSR count). The molecule has 1 aliphatic heterocycles. The molecule has 30 heavy (non-hydrogen) atoms. The highest BCUT2D eigenvalue weighted by atomic mass is 16.5. The van der Waals surface area contributed by atoms with Crippen LogP contribution in [0.15, 0.2) is 47.0 Å². The second-order valence-electron chi connectivity index (χ2n) is 6.91. The Morgan fingerprint density at radius 2 is 1.80 bits per heavy atom. The molecule has 2 heterocycles. The third-order valence-corrected chi connectivity index (χ3v) is 5.19. The van der Waals surface area contributed by atoms with Crippen molar-refractivity contribution in [3.05, 3.63) is 53.9 Å². The number of hydrogen-bond donors (Lipinski definition) is 0. The second-order valence-corrected chi connectivity index (χ2v) is 6.91. The monoisotopic (exact) mass is 409 g/mol. The quantitative estimate of drug-likeness (QED) is 0.613. The summed E-state index contributed by atoms with van der Waals surface area (Å²) < 4.78 is 21.5. The minimum absolute atomic E-state index is 0.133. The molecule has 1 atom stereocenters. The van der Waals surface area contributed by atoms with E-state index in [9.17, 15) is 4.79 Å². The maximum atomic E-state index is 13.2. The molecule has 156 valence electrons. The molecular weight excluding hydrogens is 386 g/mol. The van der Waals surface area contributed by atoms with Gasteiger partial charge < -0.3 is 23.6 Å². The van der Waals surface area contributed by atoms with Gasteiger partial charge in [0.2, 0.25) is 11.7 Å². The number of carbonyl (C=O) groups is 1. The van der Waals surface area contributed by atoms with Gasteiger partial charge in [-0.15, -0.1) is 0 Å². The van der Waals surface area contributed by atoms with Gasteiger partial charge in [0.25, 0.3) is 5.91 Å². The molecule has 8 nitrogen and oxygen atoms in total. The lowest BCUT2D eigenvalue weighted by Crippen LogP contribution is -2.30. The van der Waals surface area contributed by atoms with Crippen molar-refractivity contribution in [2.45, 2.75) is 18.9 Å². The minimum atomic E-state index is -0.286. The van der Waals surface area contributed by atoms with Gasteiger partial charge in [0.1, 0.15) is 23.3 Å². The molecule has 0 aliphatic carbocycles. The number of hydrogen-bond acceptors (Lipinski definition) is 7. The van der Waals surface area contributed by atoms with Crippen molar-refractivity contribution in [3.8, 4) is 28.6 Å². The first-order chi connectivity index (χ1) is 14.6. The number of para-hydroxylation sites is 1. The molecule has 1 amide bonds. The maximum Gasteiger partial charge on any atom is 0.254 e. The number of likely N-dealkylation sites (tertiary alicyclic amines) is 1. The number of nitrogens with zero attached hydrogens (tertiary/aromatic N) is 3. The Hall–Kier alpha value is -3.55. The molecule has 0 bridgehead atoms. The highest BCUT2D eigenvalue weighted by molar-refractivity contribution is 5.95. The Bertz CT molecular complexity index is 1030. The van der Waals surface area contributed by atoms with Crippen LogP contribution >= 0.6 is 0 Å². The fourth-order valence-electron chi connectivity index (χ4n) is 3.67. The Labute approximate surface area is 174 Å². The molecule has 0 spiro atoms. The van der Waals surface area contributed by atoms with Crippen LogP contribution in [0.2, 0.25) is 0 Å². The summed E-state index contributed by atoms with van der Waals surface area (Å²) in [5, 5.41) is 4.12. The lowest BCUT2D eigenvalue weighted by Gasteiger charge is -2.22. The Balaban J connectivity index is 1.62. The summed E-state index contributed by atoms with van der Waals surface area (Å²) in [5.41, 5.74) is 1.23. The van der Waals surface area contributed by atoms with Crippen LogP contribution < -0.4 is 14.2 Å². The van der Waals surface area contributed by atoms with Gasteiger partial charge >= 0.3 is 0 Å². The van der Waals surface area contributed by atoms with E-state index in [1.807, 2.05) is 24.3 Å². The van der Waals surface area contributed by atoms with E-state index in [0.717, 1.165) is 18.4 Å². The SMILES string of the molecule is COc1cc(OC)cc(C(=O)N2CCC[C@@H]2c2nc(-c3ccccc3OC)no2)c1. The van der Waals surface area contributed by atoms with Crippen LogP contribution in [0.5, 0.6) is 17.2 Å². The van der Waals surface area contributed by atoms with E-state index >= 15 is 0 Å². The van der Waals surface area contributed by atoms with Crippen LogP contribution in [0.3, 0.4) is 0 Å². The zero-order chi connectivity index (χ0) is 21.1. The van der Waals surface area contributed by atoms with Crippen molar-refractivity contribution < 1.29 is 23.5 Å². The van der Waals surface area contributed by atoms with Crippen LogP contribution in [0, 0.1) is 0 Å². The Morgan fingerprint density at radius 3 is 2.50 bits per heavy atom. The molecule has 0 saturated carbocycles. The van der Waals surface area contributed by atoms with Crippen LogP contribution in [-0.2, 0) is 0 Å². The van der Waals surface area contributed by atoms with E-state index in [1.54, 1.807) is 44.4 Å². The standard InChI is InChI=1S/C22H23N3O5/c1-27-15-11-14(12-16(13-15)28-2)22(26)25-10-6-8-18(25)21-23-20(24-30-21)17-7-4-5-9-19(17)29-3/h4-5,7,9,11-13,18H,6,8,10H2,1-3H3/t18-/m1/s1. The number of carbonyl (C=O) groups excluding carboxylic acids is 1. The number of rotatable bonds is 6. The zero-order valence-corrected chi connectivity index (χ0v) is 17.1. The lowest BCUT2D eigenvalue weighted by molar-refractivity contribution is 0.0709. The van der Waals surface area contributed by atoms with Gasteiger partial charge in [-0.3, -0.25) is 4.79 Å². The molecule has 1 aliphatic rings. The van der Waals surface area contributed by atoms with Crippen LogP contribution in [0.4, 0.5) is 0 Å². The van der Waals surface area contributed by atoms with E-state index in [2.05, 4.69) is 10.1 Å². The molecule has 1 saturated heterocycles. The minimum Gasteiger partial charge on any atom is -0.497 e. The third kappa shape index (κ3) is 3.68. The molecule has 3 aromatic rings. The van der Waals surface area contributed by atoms with Crippen LogP contribution in [-0.4, -0.2) is 48.8 Å². The fraction of sp³-hybridized carbons (Fsp3) is 0.318. The molecule has 1 fully saturated rings. The van der Waals surface area contributed by atoms with Crippen molar-refractivity contribution >= 4 is 5.91 Å². The van der Waals surface area contributed by atoms with Crippen LogP contribution in [0.1, 0.15) is 35.1 Å². The topological polar surface area (TPSA) is 86.9 Å². The van der Waals surface area contributed by atoms with E-state index in [0.29, 0.717) is 41.1 Å². The molecular formula is C22H23N3O5. The number of aromatic nitrogens is 2. The molecule has 0 unspecified atom stereocenters. The summed E-state index contributed by atoms with van der Waals surface area (Å²) >= 11 is 0. The maximum absolute atomic E-state index is 13.2. The highest BCUT2D eigenvalue weighted by Gasteiger charge is 2.35. The zero-order valence-electron chi connectivity index (χ0n) is 17.1. The number of methoxy groups -OCH3 is 3. The van der Waals surface area contributed by atoms with Crippen molar-refractivity contribution in [1.29, 1.82) is 0 Å². The molecule has 8 heteroatoms. The van der Waals surface area contributed by atoms with Crippen molar-refractivity contribution in [3.63, 3.8) is 0 Å². The summed E-state index contributed by atoms with van der Waals surface area (Å²) in [5.74, 6) is 2.50. The first-order valence-corrected chi connectivity index (χ1v) is 9.65. The van der Waals surface area contributed by atoms with Crippen molar-refractivity contribution in [1.82, 2.24) is 15.0 Å². The van der Waals surface area contributed by atoms with Gasteiger partial charge in [-0.25, -0.2) is 0 Å². The first-order valence-electron chi connectivity index (χ1n) is 9.65. The molecule has 0 radical (unpaired) electrons. The Kier molecular flexibility index (Phi) is 5.56. The lowest BCUT2D eigenvalue weighted by atomic mass is 10.1. The molecule has 2 aromatic carbocycles. The fourth-order valence-corrected chi connectivity index (χ4v) is 3.67. The number of benzene rings is 2. The average molecular weight is 409 g/mol. The number of amides is 1. The van der Waals surface area contributed by atoms with Crippen molar-refractivity contribution in [2.24, 2.45) is 0 Å². The third-order valence-electron chi connectivity index (χ3n) is 5.19. The van der Waals surface area contributed by atoms with Gasteiger partial charge in [0.05, 0.1) is 26.9 Å². The smallest absolute Gasteiger partial charge is 0.254 e. The van der Waals surface area contributed by atoms with Gasteiger partial charge in [-0.1, -0.05) is 17.3 Å². The van der Waals surface area contributed by atoms with E-state index in [-0.39, 0.29) is 11.9 Å². The second kappa shape index (κ2) is 8.44.